The summed E-state index contributed by atoms with van der Waals surface area (Å²) in [4.78, 5) is 11.0. The van der Waals surface area contributed by atoms with E-state index >= 15 is 0 Å². The number of rotatable bonds is 4. The number of nitrogens with zero attached hydrogens (tertiary/aromatic N) is 3. The van der Waals surface area contributed by atoms with Crippen LogP contribution in [0.4, 0.5) is 0 Å². The van der Waals surface area contributed by atoms with Gasteiger partial charge in [0.05, 0.1) is 4.90 Å². The highest BCUT2D eigenvalue weighted by atomic mass is 35.5. The zero-order valence-electron chi connectivity index (χ0n) is 10.7. The van der Waals surface area contributed by atoms with Gasteiger partial charge in [0.15, 0.2) is 5.49 Å². The highest BCUT2D eigenvalue weighted by Crippen LogP contribution is 2.10. The average molecular weight is 327 g/mol. The maximum absolute atomic E-state index is 12.2. The molecule has 0 fully saturated rings. The van der Waals surface area contributed by atoms with Crippen LogP contribution >= 0.6 is 11.6 Å². The molecule has 1 aromatic carbocycles. The van der Waals surface area contributed by atoms with Crippen molar-refractivity contribution in [2.24, 2.45) is 10.1 Å². The normalized spacial score (nSPS) is 12.3. The number of halogens is 1. The molecule has 0 spiro atoms. The van der Waals surface area contributed by atoms with Gasteiger partial charge in [-0.3, -0.25) is 4.79 Å². The van der Waals surface area contributed by atoms with E-state index in [1.807, 2.05) is 0 Å². The lowest BCUT2D eigenvalue weighted by Gasteiger charge is -2.04. The Morgan fingerprint density at radius 2 is 1.90 bits per heavy atom. The number of aromatic nitrogens is 2. The molecule has 0 atom stereocenters. The number of hydrogen-bond donors (Lipinski definition) is 1. The Morgan fingerprint density at radius 3 is 2.52 bits per heavy atom. The molecule has 2 aromatic rings. The monoisotopic (exact) mass is 326 g/mol. The maximum atomic E-state index is 12.2. The van der Waals surface area contributed by atoms with Crippen LogP contribution < -0.4 is 11.2 Å². The van der Waals surface area contributed by atoms with Crippen LogP contribution in [-0.4, -0.2) is 24.1 Å². The van der Waals surface area contributed by atoms with Crippen LogP contribution in [0.1, 0.15) is 0 Å². The first-order valence-electron chi connectivity index (χ1n) is 5.76. The van der Waals surface area contributed by atoms with Crippen molar-refractivity contribution in [3.63, 3.8) is 0 Å². The van der Waals surface area contributed by atoms with Gasteiger partial charge in [0, 0.05) is 0 Å². The summed E-state index contributed by atoms with van der Waals surface area (Å²) in [5.74, 6) is -0.691. The molecule has 9 heteroatoms. The number of sulfonamides is 1. The van der Waals surface area contributed by atoms with Crippen LogP contribution in [0.3, 0.4) is 0 Å². The Kier molecular flexibility index (Phi) is 4.39. The van der Waals surface area contributed by atoms with Gasteiger partial charge in [-0.05, 0) is 24.3 Å². The van der Waals surface area contributed by atoms with E-state index in [1.165, 1.54) is 24.3 Å². The fourth-order valence-electron chi connectivity index (χ4n) is 1.54. The van der Waals surface area contributed by atoms with E-state index in [-0.39, 0.29) is 22.1 Å². The van der Waals surface area contributed by atoms with Crippen LogP contribution in [0, 0.1) is 0 Å². The molecule has 0 aliphatic heterocycles. The Morgan fingerprint density at radius 1 is 1.24 bits per heavy atom. The van der Waals surface area contributed by atoms with Gasteiger partial charge in [0.2, 0.25) is 5.91 Å². The molecule has 0 saturated heterocycles. The Balaban J connectivity index is 2.58. The molecule has 0 saturated carbocycles. The first-order valence-corrected chi connectivity index (χ1v) is 7.58. The van der Waals surface area contributed by atoms with E-state index in [9.17, 15) is 13.2 Å². The standard InChI is InChI=1S/C12H11ClN4O3S/c13-10-6-7-12(17(15-10)8-11(14)18)16-21(19,20)9-4-2-1-3-5-9/h1-7H,8H2,(H2,14,18)/b16-12+. The fourth-order valence-corrected chi connectivity index (χ4v) is 2.70. The van der Waals surface area contributed by atoms with Gasteiger partial charge in [-0.1, -0.05) is 29.8 Å². The summed E-state index contributed by atoms with van der Waals surface area (Å²) in [6.07, 6.45) is 0. The van der Waals surface area contributed by atoms with Gasteiger partial charge < -0.3 is 5.73 Å². The van der Waals surface area contributed by atoms with Gasteiger partial charge in [-0.2, -0.15) is 13.5 Å². The van der Waals surface area contributed by atoms with Crippen molar-refractivity contribution in [1.29, 1.82) is 0 Å². The predicted octanol–water partition coefficient (Wildman–Crippen LogP) is 0.311. The summed E-state index contributed by atoms with van der Waals surface area (Å²) in [7, 11) is -3.92. The second-order valence-electron chi connectivity index (χ2n) is 4.02. The molecule has 1 aromatic heterocycles. The Hall–Kier alpha value is -2.19. The zero-order chi connectivity index (χ0) is 15.5. The van der Waals surface area contributed by atoms with Gasteiger partial charge in [-0.15, -0.1) is 4.40 Å². The summed E-state index contributed by atoms with van der Waals surface area (Å²) in [5, 5.41) is 3.90. The minimum absolute atomic E-state index is 0.0329. The number of carbonyl (C=O) groups excluding carboxylic acids is 1. The molecule has 2 rings (SSSR count). The Bertz CT molecular complexity index is 831. The molecular weight excluding hydrogens is 316 g/mol. The van der Waals surface area contributed by atoms with Crippen LogP contribution in [0.25, 0.3) is 0 Å². The highest BCUT2D eigenvalue weighted by Gasteiger charge is 2.12. The van der Waals surface area contributed by atoms with Crippen molar-refractivity contribution in [2.45, 2.75) is 11.4 Å². The summed E-state index contributed by atoms with van der Waals surface area (Å²) in [5.41, 5.74) is 5.04. The lowest BCUT2D eigenvalue weighted by molar-refractivity contribution is -0.118. The van der Waals surface area contributed by atoms with Crippen molar-refractivity contribution in [3.05, 3.63) is 53.1 Å². The third-order valence-corrected chi connectivity index (χ3v) is 3.91. The molecule has 21 heavy (non-hydrogen) atoms. The van der Waals surface area contributed by atoms with Crippen LogP contribution in [-0.2, 0) is 21.4 Å². The lowest BCUT2D eigenvalue weighted by atomic mass is 10.4. The van der Waals surface area contributed by atoms with Crippen molar-refractivity contribution in [3.8, 4) is 0 Å². The van der Waals surface area contributed by atoms with E-state index < -0.39 is 15.9 Å². The van der Waals surface area contributed by atoms with Crippen molar-refractivity contribution in [2.75, 3.05) is 0 Å². The van der Waals surface area contributed by atoms with E-state index in [2.05, 4.69) is 9.50 Å². The number of amides is 1. The third kappa shape index (κ3) is 3.89. The van der Waals surface area contributed by atoms with Gasteiger partial charge >= 0.3 is 0 Å². The van der Waals surface area contributed by atoms with Crippen LogP contribution in [0.2, 0.25) is 5.15 Å². The molecule has 0 aliphatic rings. The summed E-state index contributed by atoms with van der Waals surface area (Å²) < 4.78 is 29.0. The second-order valence-corrected chi connectivity index (χ2v) is 6.01. The lowest BCUT2D eigenvalue weighted by Crippen LogP contribution is -2.31. The van der Waals surface area contributed by atoms with Gasteiger partial charge in [0.25, 0.3) is 10.0 Å². The van der Waals surface area contributed by atoms with Crippen molar-refractivity contribution in [1.82, 2.24) is 9.78 Å². The molecule has 7 nitrogen and oxygen atoms in total. The number of primary amides is 1. The predicted molar refractivity (Wildman–Crippen MR) is 75.6 cm³/mol. The minimum Gasteiger partial charge on any atom is -0.368 e. The molecule has 2 N–H and O–H groups in total. The average Bonchev–Trinajstić information content (AvgIpc) is 2.42. The molecule has 0 radical (unpaired) electrons. The van der Waals surface area contributed by atoms with E-state index in [0.717, 1.165) is 4.68 Å². The number of nitrogens with two attached hydrogens (primary N) is 1. The van der Waals surface area contributed by atoms with Gasteiger partial charge in [-0.25, -0.2) is 4.68 Å². The minimum atomic E-state index is -3.92. The molecule has 1 heterocycles. The summed E-state index contributed by atoms with van der Waals surface area (Å²) in [6, 6.07) is 10.4. The molecule has 0 aliphatic carbocycles. The topological polar surface area (TPSA) is 107 Å². The largest absolute Gasteiger partial charge is 0.368 e. The first-order chi connectivity index (χ1) is 9.88. The quantitative estimate of drug-likeness (QED) is 0.872. The molecular formula is C12H11ClN4O3S. The van der Waals surface area contributed by atoms with Crippen LogP contribution in [0.5, 0.6) is 0 Å². The highest BCUT2D eigenvalue weighted by molar-refractivity contribution is 7.90. The van der Waals surface area contributed by atoms with Crippen LogP contribution in [0.15, 0.2) is 51.8 Å². The molecule has 0 unspecified atom stereocenters. The maximum Gasteiger partial charge on any atom is 0.284 e. The second kappa shape index (κ2) is 6.06. The Labute approximate surface area is 125 Å². The third-order valence-electron chi connectivity index (χ3n) is 2.41. The van der Waals surface area contributed by atoms with Crippen molar-refractivity contribution >= 4 is 27.5 Å². The molecule has 1 amide bonds. The van der Waals surface area contributed by atoms with E-state index in [0.29, 0.717) is 0 Å². The molecule has 0 bridgehead atoms. The molecule has 110 valence electrons. The fraction of sp³-hybridized carbons (Fsp3) is 0.0833. The SMILES string of the molecule is NC(=O)Cn1nc(Cl)cc/c1=N\S(=O)(=O)c1ccccc1. The smallest absolute Gasteiger partial charge is 0.284 e. The summed E-state index contributed by atoms with van der Waals surface area (Å²) >= 11 is 5.71. The number of benzene rings is 1. The first kappa shape index (κ1) is 15.2. The number of hydrogen-bond acceptors (Lipinski definition) is 4. The number of carbonyl (C=O) groups is 1. The van der Waals surface area contributed by atoms with Crippen molar-refractivity contribution < 1.29 is 13.2 Å². The van der Waals surface area contributed by atoms with E-state index in [4.69, 9.17) is 17.3 Å². The van der Waals surface area contributed by atoms with Gasteiger partial charge in [0.1, 0.15) is 11.7 Å². The van der Waals surface area contributed by atoms with E-state index in [1.54, 1.807) is 18.2 Å². The summed E-state index contributed by atoms with van der Waals surface area (Å²) in [6.45, 7) is -0.330. The zero-order valence-corrected chi connectivity index (χ0v) is 12.3.